The van der Waals surface area contributed by atoms with Crippen molar-refractivity contribution in [3.63, 3.8) is 0 Å². The monoisotopic (exact) mass is 156 g/mol. The summed E-state index contributed by atoms with van der Waals surface area (Å²) in [6, 6.07) is 0. The van der Waals surface area contributed by atoms with Gasteiger partial charge in [0.2, 0.25) is 0 Å². The third kappa shape index (κ3) is 1.04. The van der Waals surface area contributed by atoms with Crippen molar-refractivity contribution in [3.8, 4) is 0 Å². The summed E-state index contributed by atoms with van der Waals surface area (Å²) in [6.45, 7) is 3.11. The zero-order valence-electron chi connectivity index (χ0n) is 6.76. The van der Waals surface area contributed by atoms with Crippen molar-refractivity contribution in [1.29, 1.82) is 0 Å². The summed E-state index contributed by atoms with van der Waals surface area (Å²) in [4.78, 5) is 21.5. The van der Waals surface area contributed by atoms with Crippen molar-refractivity contribution in [2.45, 2.75) is 26.7 Å². The SMILES string of the molecule is CC(=O)C1CCC1(C)C(=O)O. The van der Waals surface area contributed by atoms with Crippen LogP contribution in [0.5, 0.6) is 0 Å². The maximum atomic E-state index is 10.9. The molecule has 1 fully saturated rings. The summed E-state index contributed by atoms with van der Waals surface area (Å²) in [7, 11) is 0. The Morgan fingerprint density at radius 3 is 2.18 bits per heavy atom. The smallest absolute Gasteiger partial charge is 0.310 e. The predicted octanol–water partition coefficient (Wildman–Crippen LogP) is 1.08. The van der Waals surface area contributed by atoms with E-state index in [1.54, 1.807) is 6.92 Å². The van der Waals surface area contributed by atoms with Gasteiger partial charge in [-0.05, 0) is 26.7 Å². The molecule has 1 N–H and O–H groups in total. The number of hydrogen-bond donors (Lipinski definition) is 1. The fraction of sp³-hybridized carbons (Fsp3) is 0.750. The van der Waals surface area contributed by atoms with E-state index in [1.165, 1.54) is 6.92 Å². The van der Waals surface area contributed by atoms with E-state index < -0.39 is 11.4 Å². The van der Waals surface area contributed by atoms with Crippen LogP contribution >= 0.6 is 0 Å². The molecule has 0 aliphatic heterocycles. The van der Waals surface area contributed by atoms with Crippen molar-refractivity contribution < 1.29 is 14.7 Å². The Labute approximate surface area is 65.4 Å². The van der Waals surface area contributed by atoms with Crippen LogP contribution in [0.1, 0.15) is 26.7 Å². The first-order valence-corrected chi connectivity index (χ1v) is 3.72. The molecule has 0 aromatic heterocycles. The normalized spacial score (nSPS) is 36.0. The third-order valence-electron chi connectivity index (χ3n) is 2.70. The van der Waals surface area contributed by atoms with Gasteiger partial charge < -0.3 is 5.11 Å². The van der Waals surface area contributed by atoms with Crippen molar-refractivity contribution in [2.24, 2.45) is 11.3 Å². The summed E-state index contributed by atoms with van der Waals surface area (Å²) in [5.74, 6) is -1.09. The number of carbonyl (C=O) groups excluding carboxylic acids is 1. The number of carboxylic acids is 1. The topological polar surface area (TPSA) is 54.4 Å². The van der Waals surface area contributed by atoms with Gasteiger partial charge in [-0.3, -0.25) is 9.59 Å². The van der Waals surface area contributed by atoms with Gasteiger partial charge in [0, 0.05) is 5.92 Å². The summed E-state index contributed by atoms with van der Waals surface area (Å²) in [5, 5.41) is 8.76. The highest BCUT2D eigenvalue weighted by molar-refractivity contribution is 5.88. The molecule has 1 aliphatic rings. The molecule has 0 heterocycles. The number of hydrogen-bond acceptors (Lipinski definition) is 2. The maximum absolute atomic E-state index is 10.9. The zero-order valence-corrected chi connectivity index (χ0v) is 6.76. The molecule has 1 rings (SSSR count). The summed E-state index contributed by atoms with van der Waals surface area (Å²) in [5.41, 5.74) is -0.772. The van der Waals surface area contributed by atoms with Gasteiger partial charge in [-0.25, -0.2) is 0 Å². The van der Waals surface area contributed by atoms with Crippen molar-refractivity contribution in [3.05, 3.63) is 0 Å². The number of Topliss-reactive ketones (excluding diaryl/α,β-unsaturated/α-hetero) is 1. The van der Waals surface area contributed by atoms with Gasteiger partial charge in [0.15, 0.2) is 0 Å². The molecule has 0 amide bonds. The van der Waals surface area contributed by atoms with Gasteiger partial charge in [-0.15, -0.1) is 0 Å². The second-order valence-corrected chi connectivity index (χ2v) is 3.42. The lowest BCUT2D eigenvalue weighted by molar-refractivity contribution is -0.163. The van der Waals surface area contributed by atoms with E-state index in [2.05, 4.69) is 0 Å². The van der Waals surface area contributed by atoms with Crippen LogP contribution in [-0.2, 0) is 9.59 Å². The quantitative estimate of drug-likeness (QED) is 0.650. The number of rotatable bonds is 2. The first-order valence-electron chi connectivity index (χ1n) is 3.72. The van der Waals surface area contributed by atoms with Gasteiger partial charge in [-0.2, -0.15) is 0 Å². The lowest BCUT2D eigenvalue weighted by atomic mass is 9.60. The van der Waals surface area contributed by atoms with E-state index in [0.29, 0.717) is 6.42 Å². The molecule has 1 aliphatic carbocycles. The largest absolute Gasteiger partial charge is 0.481 e. The van der Waals surface area contributed by atoms with E-state index in [4.69, 9.17) is 5.11 Å². The molecule has 0 radical (unpaired) electrons. The van der Waals surface area contributed by atoms with Gasteiger partial charge in [0.25, 0.3) is 0 Å². The molecule has 0 saturated heterocycles. The van der Waals surface area contributed by atoms with E-state index in [-0.39, 0.29) is 11.7 Å². The lowest BCUT2D eigenvalue weighted by Crippen LogP contribution is -2.47. The first-order chi connectivity index (χ1) is 4.98. The molecule has 0 spiro atoms. The fourth-order valence-electron chi connectivity index (χ4n) is 1.63. The van der Waals surface area contributed by atoms with Crippen LogP contribution in [0.15, 0.2) is 0 Å². The summed E-state index contributed by atoms with van der Waals surface area (Å²) < 4.78 is 0. The number of ketones is 1. The van der Waals surface area contributed by atoms with Crippen molar-refractivity contribution in [2.75, 3.05) is 0 Å². The Kier molecular flexibility index (Phi) is 1.74. The minimum absolute atomic E-state index is 0.00106. The summed E-state index contributed by atoms with van der Waals surface area (Å²) >= 11 is 0. The van der Waals surface area contributed by atoms with E-state index in [1.807, 2.05) is 0 Å². The molecule has 0 aromatic rings. The molecular weight excluding hydrogens is 144 g/mol. The van der Waals surface area contributed by atoms with Crippen LogP contribution in [0.25, 0.3) is 0 Å². The number of aliphatic carboxylic acids is 1. The van der Waals surface area contributed by atoms with Crippen LogP contribution in [0.4, 0.5) is 0 Å². The first kappa shape index (κ1) is 8.24. The van der Waals surface area contributed by atoms with Gasteiger partial charge in [0.05, 0.1) is 5.41 Å². The van der Waals surface area contributed by atoms with Crippen LogP contribution in [0.3, 0.4) is 0 Å². The van der Waals surface area contributed by atoms with Crippen LogP contribution in [0, 0.1) is 11.3 Å². The van der Waals surface area contributed by atoms with E-state index in [0.717, 1.165) is 6.42 Å². The average molecular weight is 156 g/mol. The molecular formula is C8H12O3. The molecule has 3 heteroatoms. The van der Waals surface area contributed by atoms with E-state index >= 15 is 0 Å². The Morgan fingerprint density at radius 2 is 2.09 bits per heavy atom. The van der Waals surface area contributed by atoms with Gasteiger partial charge >= 0.3 is 5.97 Å². The molecule has 2 atom stereocenters. The Bertz CT molecular complexity index is 209. The second kappa shape index (κ2) is 2.32. The number of carbonyl (C=O) groups is 2. The molecule has 1 saturated carbocycles. The molecule has 0 bridgehead atoms. The maximum Gasteiger partial charge on any atom is 0.310 e. The molecule has 0 aromatic carbocycles. The average Bonchev–Trinajstić information content (AvgIpc) is 1.82. The highest BCUT2D eigenvalue weighted by Crippen LogP contribution is 2.46. The van der Waals surface area contributed by atoms with Gasteiger partial charge in [-0.1, -0.05) is 0 Å². The van der Waals surface area contributed by atoms with Crippen LogP contribution in [-0.4, -0.2) is 16.9 Å². The van der Waals surface area contributed by atoms with E-state index in [9.17, 15) is 9.59 Å². The van der Waals surface area contributed by atoms with Crippen LogP contribution in [0.2, 0.25) is 0 Å². The highest BCUT2D eigenvalue weighted by atomic mass is 16.4. The highest BCUT2D eigenvalue weighted by Gasteiger charge is 2.51. The lowest BCUT2D eigenvalue weighted by Gasteiger charge is -2.41. The summed E-state index contributed by atoms with van der Waals surface area (Å²) in [6.07, 6.45) is 1.37. The molecule has 62 valence electrons. The Balaban J connectivity index is 2.75. The molecule has 3 nitrogen and oxygen atoms in total. The fourth-order valence-corrected chi connectivity index (χ4v) is 1.63. The van der Waals surface area contributed by atoms with Crippen molar-refractivity contribution >= 4 is 11.8 Å². The standard InChI is InChI=1S/C8H12O3/c1-5(9)6-3-4-8(6,2)7(10)11/h6H,3-4H2,1-2H3,(H,10,11). The minimum atomic E-state index is -0.844. The number of carboxylic acid groups (broad SMARTS) is 1. The minimum Gasteiger partial charge on any atom is -0.481 e. The van der Waals surface area contributed by atoms with Crippen molar-refractivity contribution in [1.82, 2.24) is 0 Å². The molecule has 2 unspecified atom stereocenters. The third-order valence-corrected chi connectivity index (χ3v) is 2.70. The van der Waals surface area contributed by atoms with Crippen LogP contribution < -0.4 is 0 Å². The van der Waals surface area contributed by atoms with Gasteiger partial charge in [0.1, 0.15) is 5.78 Å². The Morgan fingerprint density at radius 1 is 1.55 bits per heavy atom. The Hall–Kier alpha value is -0.860. The zero-order chi connectivity index (χ0) is 8.65. The second-order valence-electron chi connectivity index (χ2n) is 3.42. The predicted molar refractivity (Wildman–Crippen MR) is 39.1 cm³/mol. The molecule has 11 heavy (non-hydrogen) atoms.